The van der Waals surface area contributed by atoms with E-state index in [4.69, 9.17) is 0 Å². The lowest BCUT2D eigenvalue weighted by Gasteiger charge is -2.08. The molecule has 2 amide bonds. The molecule has 0 aliphatic heterocycles. The van der Waals surface area contributed by atoms with Crippen LogP contribution in [0.5, 0.6) is 0 Å². The van der Waals surface area contributed by atoms with Gasteiger partial charge >= 0.3 is 0 Å². The zero-order chi connectivity index (χ0) is 19.9. The van der Waals surface area contributed by atoms with Crippen molar-refractivity contribution in [2.24, 2.45) is 4.99 Å². The Kier molecular flexibility index (Phi) is 6.17. The lowest BCUT2D eigenvalue weighted by atomic mass is 10.1. The standard InChI is InChI=1S/C23H23N3O2/c1-17-10-12-19(13-11-17)16-26-14-6-5-9-21(26)25-22(27)15-24-23(28)20-8-4-3-7-18(20)2/h3-14H,15-16H2,1-2H3,(H,24,28). The number of carbonyl (C=O) groups is 2. The van der Waals surface area contributed by atoms with Gasteiger partial charge in [-0.05, 0) is 43.2 Å². The minimum absolute atomic E-state index is 0.146. The molecule has 3 aromatic rings. The molecule has 0 unspecified atom stereocenters. The Balaban J connectivity index is 1.71. The number of hydrogen-bond donors (Lipinski definition) is 1. The van der Waals surface area contributed by atoms with Gasteiger partial charge in [0.1, 0.15) is 5.49 Å². The molecule has 3 rings (SSSR count). The molecule has 1 aromatic heterocycles. The summed E-state index contributed by atoms with van der Waals surface area (Å²) in [5.74, 6) is -0.673. The Morgan fingerprint density at radius 3 is 2.39 bits per heavy atom. The van der Waals surface area contributed by atoms with Crippen molar-refractivity contribution in [1.82, 2.24) is 9.88 Å². The normalized spacial score (nSPS) is 11.3. The summed E-state index contributed by atoms with van der Waals surface area (Å²) in [6.07, 6.45) is 1.89. The molecule has 0 bridgehead atoms. The average molecular weight is 373 g/mol. The third-order valence-electron chi connectivity index (χ3n) is 4.42. The van der Waals surface area contributed by atoms with Crippen molar-refractivity contribution in [1.29, 1.82) is 0 Å². The molecule has 0 radical (unpaired) electrons. The summed E-state index contributed by atoms with van der Waals surface area (Å²) in [6.45, 7) is 4.37. The molecule has 5 nitrogen and oxygen atoms in total. The van der Waals surface area contributed by atoms with Gasteiger partial charge in [0.2, 0.25) is 0 Å². The fourth-order valence-corrected chi connectivity index (χ4v) is 2.84. The van der Waals surface area contributed by atoms with Gasteiger partial charge in [0, 0.05) is 18.3 Å². The number of benzene rings is 2. The maximum Gasteiger partial charge on any atom is 0.267 e. The lowest BCUT2D eigenvalue weighted by Crippen LogP contribution is -2.31. The number of nitrogens with one attached hydrogen (secondary N) is 1. The van der Waals surface area contributed by atoms with Crippen LogP contribution in [0.25, 0.3) is 0 Å². The predicted molar refractivity (Wildman–Crippen MR) is 109 cm³/mol. The largest absolute Gasteiger partial charge is 0.343 e. The minimum atomic E-state index is -0.397. The van der Waals surface area contributed by atoms with E-state index >= 15 is 0 Å². The van der Waals surface area contributed by atoms with Crippen LogP contribution in [0.4, 0.5) is 0 Å². The lowest BCUT2D eigenvalue weighted by molar-refractivity contribution is -0.117. The van der Waals surface area contributed by atoms with Crippen molar-refractivity contribution in [3.8, 4) is 0 Å². The second kappa shape index (κ2) is 8.95. The summed E-state index contributed by atoms with van der Waals surface area (Å²) in [5.41, 5.74) is 4.30. The van der Waals surface area contributed by atoms with Crippen molar-refractivity contribution < 1.29 is 9.59 Å². The molecular formula is C23H23N3O2. The van der Waals surface area contributed by atoms with Crippen LogP contribution in [0.3, 0.4) is 0 Å². The van der Waals surface area contributed by atoms with E-state index in [0.29, 0.717) is 17.6 Å². The highest BCUT2D eigenvalue weighted by atomic mass is 16.2. The molecule has 142 valence electrons. The average Bonchev–Trinajstić information content (AvgIpc) is 2.70. The van der Waals surface area contributed by atoms with Gasteiger partial charge < -0.3 is 9.88 Å². The SMILES string of the molecule is Cc1ccc(Cn2ccccc2=NC(=O)CNC(=O)c2ccccc2C)cc1. The second-order valence-electron chi connectivity index (χ2n) is 6.68. The maximum atomic E-state index is 12.3. The summed E-state index contributed by atoms with van der Waals surface area (Å²) in [5, 5.41) is 2.64. The first-order valence-corrected chi connectivity index (χ1v) is 9.15. The Labute approximate surface area is 164 Å². The molecule has 28 heavy (non-hydrogen) atoms. The molecule has 0 aliphatic rings. The summed E-state index contributed by atoms with van der Waals surface area (Å²) in [4.78, 5) is 28.7. The highest BCUT2D eigenvalue weighted by Crippen LogP contribution is 2.06. The predicted octanol–water partition coefficient (Wildman–Crippen LogP) is 3.01. The number of aromatic nitrogens is 1. The van der Waals surface area contributed by atoms with Gasteiger partial charge in [-0.3, -0.25) is 9.59 Å². The summed E-state index contributed by atoms with van der Waals surface area (Å²) < 4.78 is 1.91. The molecule has 5 heteroatoms. The third-order valence-corrected chi connectivity index (χ3v) is 4.42. The van der Waals surface area contributed by atoms with Gasteiger partial charge in [-0.2, -0.15) is 4.99 Å². The highest BCUT2D eigenvalue weighted by Gasteiger charge is 2.09. The molecule has 0 atom stereocenters. The molecule has 0 spiro atoms. The smallest absolute Gasteiger partial charge is 0.267 e. The van der Waals surface area contributed by atoms with Gasteiger partial charge in [0.25, 0.3) is 11.8 Å². The van der Waals surface area contributed by atoms with E-state index < -0.39 is 5.91 Å². The molecule has 0 fully saturated rings. The van der Waals surface area contributed by atoms with E-state index in [1.807, 2.05) is 48.9 Å². The summed E-state index contributed by atoms with van der Waals surface area (Å²) in [6, 6.07) is 21.0. The number of hydrogen-bond acceptors (Lipinski definition) is 2. The molecule has 1 heterocycles. The first-order valence-electron chi connectivity index (χ1n) is 9.15. The van der Waals surface area contributed by atoms with Crippen LogP contribution in [0.15, 0.2) is 77.9 Å². The number of pyridine rings is 1. The van der Waals surface area contributed by atoms with Crippen LogP contribution in [-0.4, -0.2) is 22.9 Å². The van der Waals surface area contributed by atoms with Crippen molar-refractivity contribution in [2.45, 2.75) is 20.4 Å². The van der Waals surface area contributed by atoms with Crippen LogP contribution >= 0.6 is 0 Å². The topological polar surface area (TPSA) is 63.5 Å². The van der Waals surface area contributed by atoms with Crippen LogP contribution in [0.2, 0.25) is 0 Å². The quantitative estimate of drug-likeness (QED) is 0.747. The first kappa shape index (κ1) is 19.3. The summed E-state index contributed by atoms with van der Waals surface area (Å²) >= 11 is 0. The number of aryl methyl sites for hydroxylation is 2. The second-order valence-corrected chi connectivity index (χ2v) is 6.68. The molecule has 0 saturated heterocycles. The van der Waals surface area contributed by atoms with Crippen LogP contribution < -0.4 is 10.8 Å². The molecule has 0 saturated carbocycles. The number of rotatable bonds is 5. The van der Waals surface area contributed by atoms with Gasteiger partial charge in [-0.25, -0.2) is 0 Å². The molecule has 2 aromatic carbocycles. The van der Waals surface area contributed by atoms with Gasteiger partial charge in [-0.15, -0.1) is 0 Å². The number of amides is 2. The maximum absolute atomic E-state index is 12.3. The first-order chi connectivity index (χ1) is 13.5. The Hall–Kier alpha value is -3.47. The zero-order valence-corrected chi connectivity index (χ0v) is 16.1. The Morgan fingerprint density at radius 1 is 0.929 bits per heavy atom. The monoisotopic (exact) mass is 373 g/mol. The van der Waals surface area contributed by atoms with Crippen molar-refractivity contribution in [3.63, 3.8) is 0 Å². The van der Waals surface area contributed by atoms with Crippen molar-refractivity contribution in [2.75, 3.05) is 6.54 Å². The van der Waals surface area contributed by atoms with Gasteiger partial charge in [0.15, 0.2) is 0 Å². The van der Waals surface area contributed by atoms with Gasteiger partial charge in [0.05, 0.1) is 6.54 Å². The molecular weight excluding hydrogens is 350 g/mol. The summed E-state index contributed by atoms with van der Waals surface area (Å²) in [7, 11) is 0. The highest BCUT2D eigenvalue weighted by molar-refractivity contribution is 5.97. The van der Waals surface area contributed by atoms with Gasteiger partial charge in [-0.1, -0.05) is 54.1 Å². The fourth-order valence-electron chi connectivity index (χ4n) is 2.84. The van der Waals surface area contributed by atoms with Crippen molar-refractivity contribution >= 4 is 11.8 Å². The fraction of sp³-hybridized carbons (Fsp3) is 0.174. The van der Waals surface area contributed by atoms with E-state index in [9.17, 15) is 9.59 Å². The zero-order valence-electron chi connectivity index (χ0n) is 16.1. The van der Waals surface area contributed by atoms with E-state index in [-0.39, 0.29) is 12.5 Å². The van der Waals surface area contributed by atoms with Crippen LogP contribution in [0, 0.1) is 13.8 Å². The third kappa shape index (κ3) is 5.04. The minimum Gasteiger partial charge on any atom is -0.343 e. The van der Waals surface area contributed by atoms with Crippen LogP contribution in [0.1, 0.15) is 27.0 Å². The van der Waals surface area contributed by atoms with Crippen molar-refractivity contribution in [3.05, 3.63) is 101 Å². The molecule has 0 aliphatic carbocycles. The van der Waals surface area contributed by atoms with Crippen LogP contribution in [-0.2, 0) is 11.3 Å². The van der Waals surface area contributed by atoms with E-state index in [1.54, 1.807) is 18.2 Å². The number of carbonyl (C=O) groups excluding carboxylic acids is 2. The number of nitrogens with zero attached hydrogens (tertiary/aromatic N) is 2. The Bertz CT molecular complexity index is 1050. The van der Waals surface area contributed by atoms with E-state index in [0.717, 1.165) is 11.1 Å². The van der Waals surface area contributed by atoms with E-state index in [2.05, 4.69) is 34.6 Å². The van der Waals surface area contributed by atoms with E-state index in [1.165, 1.54) is 5.56 Å². The molecule has 1 N–H and O–H groups in total. The Morgan fingerprint density at radius 2 is 1.64 bits per heavy atom.